The van der Waals surface area contributed by atoms with Gasteiger partial charge in [0.05, 0.1) is 0 Å². The minimum atomic E-state index is -0.0706. The first-order valence-electron chi connectivity index (χ1n) is 7.88. The Bertz CT molecular complexity index is 836. The first-order valence-corrected chi connectivity index (χ1v) is 7.88. The Morgan fingerprint density at radius 2 is 1.58 bits per heavy atom. The van der Waals surface area contributed by atoms with Crippen LogP contribution >= 0.6 is 0 Å². The fraction of sp³-hybridized carbons (Fsp3) is 0.300. The number of ketones is 2. The highest BCUT2D eigenvalue weighted by Crippen LogP contribution is 2.37. The Hall–Kier alpha value is -2.62. The van der Waals surface area contributed by atoms with Crippen molar-refractivity contribution in [3.05, 3.63) is 46.5 Å². The highest BCUT2D eigenvalue weighted by Gasteiger charge is 2.21. The van der Waals surface area contributed by atoms with E-state index in [1.165, 1.54) is 6.92 Å². The molecule has 0 unspecified atom stereocenters. The molecule has 0 aliphatic rings. The molecule has 2 rings (SSSR count). The van der Waals surface area contributed by atoms with E-state index in [9.17, 15) is 9.59 Å². The molecule has 4 heteroatoms. The van der Waals surface area contributed by atoms with E-state index < -0.39 is 0 Å². The summed E-state index contributed by atoms with van der Waals surface area (Å²) in [6, 6.07) is 7.24. The lowest BCUT2D eigenvalue weighted by atomic mass is 9.87. The Morgan fingerprint density at radius 1 is 0.958 bits per heavy atom. The van der Waals surface area contributed by atoms with Crippen molar-refractivity contribution >= 4 is 22.9 Å². The van der Waals surface area contributed by atoms with Crippen LogP contribution in [-0.4, -0.2) is 25.7 Å². The standard InChI is InChI=1S/C20H24N2O2/c1-11-9-18(16-8-7-15(21)10-17(16)13(3)23)19(14(4)24)12(2)20(11)22(5)6/h7-10H,21H2,1-6H3. The number of carbonyl (C=O) groups is 2. The molecule has 24 heavy (non-hydrogen) atoms. The van der Waals surface area contributed by atoms with Crippen LogP contribution in [0.2, 0.25) is 0 Å². The smallest absolute Gasteiger partial charge is 0.160 e. The molecule has 0 radical (unpaired) electrons. The molecule has 4 nitrogen and oxygen atoms in total. The highest BCUT2D eigenvalue weighted by atomic mass is 16.1. The predicted octanol–water partition coefficient (Wildman–Crippen LogP) is 4.02. The summed E-state index contributed by atoms with van der Waals surface area (Å²) in [5, 5.41) is 0. The van der Waals surface area contributed by atoms with Crippen LogP contribution in [0.15, 0.2) is 24.3 Å². The van der Waals surface area contributed by atoms with E-state index >= 15 is 0 Å². The number of nitrogens with zero attached hydrogens (tertiary/aromatic N) is 1. The lowest BCUT2D eigenvalue weighted by Crippen LogP contribution is -2.15. The van der Waals surface area contributed by atoms with E-state index in [1.54, 1.807) is 19.1 Å². The Morgan fingerprint density at radius 3 is 2.08 bits per heavy atom. The van der Waals surface area contributed by atoms with Gasteiger partial charge in [0.25, 0.3) is 0 Å². The summed E-state index contributed by atoms with van der Waals surface area (Å²) in [5.74, 6) is -0.0873. The molecule has 2 aromatic rings. The van der Waals surface area contributed by atoms with E-state index in [2.05, 4.69) is 0 Å². The molecule has 0 saturated carbocycles. The van der Waals surface area contributed by atoms with Gasteiger partial charge in [0, 0.05) is 36.6 Å². The van der Waals surface area contributed by atoms with Crippen LogP contribution in [0.5, 0.6) is 0 Å². The van der Waals surface area contributed by atoms with Crippen molar-refractivity contribution in [2.45, 2.75) is 27.7 Å². The Balaban J connectivity index is 2.91. The van der Waals surface area contributed by atoms with Gasteiger partial charge in [-0.15, -0.1) is 0 Å². The lowest BCUT2D eigenvalue weighted by Gasteiger charge is -2.23. The van der Waals surface area contributed by atoms with Crippen LogP contribution in [0.3, 0.4) is 0 Å². The minimum Gasteiger partial charge on any atom is -0.399 e. The van der Waals surface area contributed by atoms with Gasteiger partial charge in [-0.3, -0.25) is 9.59 Å². The van der Waals surface area contributed by atoms with Gasteiger partial charge >= 0.3 is 0 Å². The van der Waals surface area contributed by atoms with Crippen LogP contribution in [0.1, 0.15) is 45.7 Å². The summed E-state index contributed by atoms with van der Waals surface area (Å²) in [4.78, 5) is 26.4. The zero-order chi connectivity index (χ0) is 18.2. The molecular weight excluding hydrogens is 300 g/mol. The topological polar surface area (TPSA) is 63.4 Å². The summed E-state index contributed by atoms with van der Waals surface area (Å²) in [5.41, 5.74) is 12.1. The number of anilines is 2. The van der Waals surface area contributed by atoms with E-state index in [-0.39, 0.29) is 11.6 Å². The van der Waals surface area contributed by atoms with E-state index in [0.29, 0.717) is 16.8 Å². The number of carbonyl (C=O) groups excluding carboxylic acids is 2. The van der Waals surface area contributed by atoms with Crippen molar-refractivity contribution in [2.24, 2.45) is 0 Å². The number of nitrogens with two attached hydrogens (primary N) is 1. The number of nitrogen functional groups attached to an aromatic ring is 1. The molecule has 0 aliphatic carbocycles. The van der Waals surface area contributed by atoms with E-state index in [4.69, 9.17) is 5.73 Å². The number of hydrogen-bond acceptors (Lipinski definition) is 4. The first kappa shape index (κ1) is 17.7. The molecule has 0 aliphatic heterocycles. The van der Waals surface area contributed by atoms with Crippen LogP contribution in [0.25, 0.3) is 11.1 Å². The van der Waals surface area contributed by atoms with Gasteiger partial charge < -0.3 is 10.6 Å². The van der Waals surface area contributed by atoms with Crippen LogP contribution in [0, 0.1) is 13.8 Å². The summed E-state index contributed by atoms with van der Waals surface area (Å²) in [6.07, 6.45) is 0. The zero-order valence-electron chi connectivity index (χ0n) is 15.2. The third kappa shape index (κ3) is 3.04. The van der Waals surface area contributed by atoms with Gasteiger partial charge in [0.2, 0.25) is 0 Å². The van der Waals surface area contributed by atoms with Crippen molar-refractivity contribution in [3.8, 4) is 11.1 Å². The Kier molecular flexibility index (Phi) is 4.78. The fourth-order valence-corrected chi connectivity index (χ4v) is 3.42. The second-order valence-corrected chi connectivity index (χ2v) is 6.40. The summed E-state index contributed by atoms with van der Waals surface area (Å²) in [7, 11) is 3.92. The van der Waals surface area contributed by atoms with Gasteiger partial charge in [-0.1, -0.05) is 6.07 Å². The molecule has 0 aromatic heterocycles. The summed E-state index contributed by atoms with van der Waals surface area (Å²) >= 11 is 0. The lowest BCUT2D eigenvalue weighted by molar-refractivity contribution is 0.100. The number of hydrogen-bond donors (Lipinski definition) is 1. The molecule has 0 bridgehead atoms. The van der Waals surface area contributed by atoms with Crippen molar-refractivity contribution in [3.63, 3.8) is 0 Å². The predicted molar refractivity (Wildman–Crippen MR) is 100 cm³/mol. The SMILES string of the molecule is CC(=O)c1cc(N)ccc1-c1cc(C)c(N(C)C)c(C)c1C(C)=O. The third-order valence-corrected chi connectivity index (χ3v) is 4.25. The van der Waals surface area contributed by atoms with Crippen LogP contribution < -0.4 is 10.6 Å². The maximum absolute atomic E-state index is 12.4. The molecule has 2 aromatic carbocycles. The van der Waals surface area contributed by atoms with Gasteiger partial charge in [0.15, 0.2) is 11.6 Å². The molecule has 0 fully saturated rings. The largest absolute Gasteiger partial charge is 0.399 e. The van der Waals surface area contributed by atoms with Gasteiger partial charge in [-0.2, -0.15) is 0 Å². The normalized spacial score (nSPS) is 10.6. The van der Waals surface area contributed by atoms with Crippen molar-refractivity contribution < 1.29 is 9.59 Å². The molecule has 0 saturated heterocycles. The van der Waals surface area contributed by atoms with Crippen LogP contribution in [-0.2, 0) is 0 Å². The van der Waals surface area contributed by atoms with Gasteiger partial charge in [-0.25, -0.2) is 0 Å². The molecule has 0 spiro atoms. The number of aryl methyl sites for hydroxylation is 1. The van der Waals surface area contributed by atoms with E-state index in [1.807, 2.05) is 45.0 Å². The van der Waals surface area contributed by atoms with Gasteiger partial charge in [0.1, 0.15) is 0 Å². The molecule has 0 heterocycles. The maximum Gasteiger partial charge on any atom is 0.160 e. The number of rotatable bonds is 4. The maximum atomic E-state index is 12.4. The minimum absolute atomic E-state index is 0.0167. The van der Waals surface area contributed by atoms with Crippen molar-refractivity contribution in [2.75, 3.05) is 24.7 Å². The third-order valence-electron chi connectivity index (χ3n) is 4.25. The molecule has 0 atom stereocenters. The van der Waals surface area contributed by atoms with Crippen molar-refractivity contribution in [1.29, 1.82) is 0 Å². The quantitative estimate of drug-likeness (QED) is 0.681. The zero-order valence-corrected chi connectivity index (χ0v) is 15.2. The van der Waals surface area contributed by atoms with Crippen LogP contribution in [0.4, 0.5) is 11.4 Å². The monoisotopic (exact) mass is 324 g/mol. The first-order chi connectivity index (χ1) is 11.1. The number of benzene rings is 2. The van der Waals surface area contributed by atoms with Gasteiger partial charge in [-0.05, 0) is 68.1 Å². The Labute approximate surface area is 143 Å². The average molecular weight is 324 g/mol. The van der Waals surface area contributed by atoms with E-state index in [0.717, 1.165) is 27.9 Å². The number of Topliss-reactive ketones (excluding diaryl/α,β-unsaturated/α-hetero) is 2. The molecule has 0 amide bonds. The second-order valence-electron chi connectivity index (χ2n) is 6.40. The highest BCUT2D eigenvalue weighted by molar-refractivity contribution is 6.08. The second kappa shape index (κ2) is 6.48. The molecular formula is C20H24N2O2. The summed E-state index contributed by atoms with van der Waals surface area (Å²) < 4.78 is 0. The molecule has 126 valence electrons. The average Bonchev–Trinajstić information content (AvgIpc) is 2.45. The van der Waals surface area contributed by atoms with Crippen molar-refractivity contribution in [1.82, 2.24) is 0 Å². The summed E-state index contributed by atoms with van der Waals surface area (Å²) in [6.45, 7) is 7.04. The molecule has 2 N–H and O–H groups in total. The fourth-order valence-electron chi connectivity index (χ4n) is 3.42.